The molecule has 1 amide bonds. The van der Waals surface area contributed by atoms with Crippen molar-refractivity contribution in [3.05, 3.63) is 48.0 Å². The van der Waals surface area contributed by atoms with Crippen LogP contribution in [0, 0.1) is 11.8 Å². The number of amides is 1. The van der Waals surface area contributed by atoms with E-state index in [9.17, 15) is 18.0 Å². The average Bonchev–Trinajstić information content (AvgIpc) is 3.01. The Labute approximate surface area is 158 Å². The molecule has 2 aromatic heterocycles. The smallest absolute Gasteiger partial charge is 0.427 e. The minimum absolute atomic E-state index is 0.171. The fraction of sp³-hybridized carbons (Fsp3) is 0.500. The molecule has 2 unspecified atom stereocenters. The van der Waals surface area contributed by atoms with Crippen LogP contribution in [-0.2, 0) is 11.3 Å². The van der Waals surface area contributed by atoms with Gasteiger partial charge in [-0.05, 0) is 30.0 Å². The van der Waals surface area contributed by atoms with Crippen molar-refractivity contribution in [3.63, 3.8) is 0 Å². The number of aromatic nitrogens is 3. The Kier molecular flexibility index (Phi) is 4.74. The number of aliphatic hydroxyl groups excluding tert-OH is 1. The number of nitrogens with zero attached hydrogens (tertiary/aromatic N) is 4. The van der Waals surface area contributed by atoms with E-state index >= 15 is 0 Å². The zero-order valence-electron chi connectivity index (χ0n) is 14.8. The molecule has 0 spiro atoms. The fourth-order valence-electron chi connectivity index (χ4n) is 3.82. The SMILES string of the molecule is O=C(O[C@H](CO)C(F)(F)F)N1CC2C(c3ccn(Cc4ccccn4)n3)[C@H]2C1. The van der Waals surface area contributed by atoms with Gasteiger partial charge in [0, 0.05) is 31.4 Å². The first-order valence-electron chi connectivity index (χ1n) is 8.93. The third-order valence-electron chi connectivity index (χ3n) is 5.28. The molecule has 2 fully saturated rings. The number of hydrogen-bond donors (Lipinski definition) is 1. The zero-order chi connectivity index (χ0) is 19.9. The standard InChI is InChI=1S/C18H19F3N4O3/c19-18(20,21)15(10-26)28-17(27)24-8-12-13(9-24)16(12)14-4-6-25(23-14)7-11-3-1-2-5-22-11/h1-6,12-13,15-16,26H,7-10H2/t12-,13?,15+,16?/m0/s1. The molecule has 10 heteroatoms. The van der Waals surface area contributed by atoms with Gasteiger partial charge in [-0.15, -0.1) is 0 Å². The van der Waals surface area contributed by atoms with Crippen LogP contribution in [0.1, 0.15) is 17.3 Å². The molecule has 7 nitrogen and oxygen atoms in total. The van der Waals surface area contributed by atoms with Gasteiger partial charge in [-0.25, -0.2) is 4.79 Å². The predicted octanol–water partition coefficient (Wildman–Crippen LogP) is 2.03. The minimum atomic E-state index is -4.78. The second-order valence-corrected chi connectivity index (χ2v) is 7.11. The van der Waals surface area contributed by atoms with E-state index in [1.165, 1.54) is 4.90 Å². The van der Waals surface area contributed by atoms with Crippen molar-refractivity contribution in [3.8, 4) is 0 Å². The molecule has 2 aromatic rings. The fourth-order valence-corrected chi connectivity index (χ4v) is 3.82. The van der Waals surface area contributed by atoms with Crippen LogP contribution < -0.4 is 0 Å². The monoisotopic (exact) mass is 396 g/mol. The number of pyridine rings is 1. The summed E-state index contributed by atoms with van der Waals surface area (Å²) in [5.74, 6) is 0.540. The van der Waals surface area contributed by atoms with Gasteiger partial charge in [0.2, 0.25) is 6.10 Å². The Morgan fingerprint density at radius 2 is 2.04 bits per heavy atom. The van der Waals surface area contributed by atoms with Crippen molar-refractivity contribution in [2.45, 2.75) is 24.7 Å². The maximum Gasteiger partial charge on any atom is 0.427 e. The van der Waals surface area contributed by atoms with Gasteiger partial charge in [0.05, 0.1) is 24.5 Å². The molecular weight excluding hydrogens is 377 g/mol. The number of rotatable bonds is 5. The van der Waals surface area contributed by atoms with Crippen LogP contribution in [-0.4, -0.2) is 62.8 Å². The Hall–Kier alpha value is -2.62. The number of halogens is 3. The van der Waals surface area contributed by atoms with E-state index in [1.54, 1.807) is 10.9 Å². The molecule has 0 radical (unpaired) electrons. The lowest BCUT2D eigenvalue weighted by atomic mass is 10.2. The van der Waals surface area contributed by atoms with E-state index in [4.69, 9.17) is 5.11 Å². The molecule has 150 valence electrons. The number of carbonyl (C=O) groups is 1. The lowest BCUT2D eigenvalue weighted by Gasteiger charge is -2.24. The Morgan fingerprint density at radius 3 is 2.64 bits per heavy atom. The van der Waals surface area contributed by atoms with Gasteiger partial charge in [0.1, 0.15) is 0 Å². The maximum absolute atomic E-state index is 12.6. The molecule has 2 aliphatic rings. The van der Waals surface area contributed by atoms with Crippen LogP contribution in [0.15, 0.2) is 36.7 Å². The van der Waals surface area contributed by atoms with Crippen LogP contribution in [0.3, 0.4) is 0 Å². The van der Waals surface area contributed by atoms with Gasteiger partial charge in [0.25, 0.3) is 0 Å². The summed E-state index contributed by atoms with van der Waals surface area (Å²) in [6, 6.07) is 7.60. The molecule has 1 aliphatic carbocycles. The van der Waals surface area contributed by atoms with E-state index in [0.717, 1.165) is 11.4 Å². The van der Waals surface area contributed by atoms with Gasteiger partial charge < -0.3 is 14.7 Å². The number of ether oxygens (including phenoxy) is 1. The molecule has 1 N–H and O–H groups in total. The van der Waals surface area contributed by atoms with Crippen molar-refractivity contribution >= 4 is 6.09 Å². The molecule has 4 atom stereocenters. The number of piperidine rings is 1. The van der Waals surface area contributed by atoms with Gasteiger partial charge in [0.15, 0.2) is 0 Å². The first-order valence-corrected chi connectivity index (χ1v) is 8.93. The van der Waals surface area contributed by atoms with Gasteiger partial charge in [-0.3, -0.25) is 9.67 Å². The minimum Gasteiger partial charge on any atom is -0.434 e. The third-order valence-corrected chi connectivity index (χ3v) is 5.28. The highest BCUT2D eigenvalue weighted by Gasteiger charge is 2.59. The van der Waals surface area contributed by atoms with Crippen LogP contribution in [0.5, 0.6) is 0 Å². The Morgan fingerprint density at radius 1 is 1.29 bits per heavy atom. The number of likely N-dealkylation sites (tertiary alicyclic amines) is 1. The molecule has 4 rings (SSSR count). The summed E-state index contributed by atoms with van der Waals surface area (Å²) in [6.07, 6.45) is -4.72. The van der Waals surface area contributed by atoms with Crippen molar-refractivity contribution in [1.82, 2.24) is 19.7 Å². The highest BCUT2D eigenvalue weighted by molar-refractivity contribution is 5.69. The number of fused-ring (bicyclic) bond motifs is 1. The van der Waals surface area contributed by atoms with Crippen molar-refractivity contribution in [2.75, 3.05) is 19.7 Å². The highest BCUT2D eigenvalue weighted by atomic mass is 19.4. The number of carbonyl (C=O) groups excluding carboxylic acids is 1. The molecule has 1 aliphatic heterocycles. The second-order valence-electron chi connectivity index (χ2n) is 7.11. The Balaban J connectivity index is 1.31. The number of alkyl halides is 3. The topological polar surface area (TPSA) is 80.5 Å². The van der Waals surface area contributed by atoms with Crippen LogP contribution in [0.25, 0.3) is 0 Å². The second kappa shape index (κ2) is 7.08. The largest absolute Gasteiger partial charge is 0.434 e. The summed E-state index contributed by atoms with van der Waals surface area (Å²) in [7, 11) is 0. The van der Waals surface area contributed by atoms with Crippen molar-refractivity contribution < 1.29 is 27.8 Å². The molecule has 28 heavy (non-hydrogen) atoms. The molecule has 1 saturated heterocycles. The molecule has 3 heterocycles. The van der Waals surface area contributed by atoms with Gasteiger partial charge in [-0.2, -0.15) is 18.3 Å². The maximum atomic E-state index is 12.6. The first kappa shape index (κ1) is 18.7. The van der Waals surface area contributed by atoms with E-state index in [0.29, 0.717) is 19.6 Å². The summed E-state index contributed by atoms with van der Waals surface area (Å²) in [5, 5.41) is 13.4. The summed E-state index contributed by atoms with van der Waals surface area (Å²) >= 11 is 0. The van der Waals surface area contributed by atoms with E-state index < -0.39 is 25.0 Å². The van der Waals surface area contributed by atoms with Crippen LogP contribution in [0.2, 0.25) is 0 Å². The first-order chi connectivity index (χ1) is 13.4. The van der Waals surface area contributed by atoms with Crippen molar-refractivity contribution in [2.24, 2.45) is 11.8 Å². The number of aliphatic hydroxyl groups is 1. The van der Waals surface area contributed by atoms with Crippen LogP contribution in [0.4, 0.5) is 18.0 Å². The van der Waals surface area contributed by atoms with Gasteiger partial charge >= 0.3 is 12.3 Å². The third kappa shape index (κ3) is 3.68. The van der Waals surface area contributed by atoms with Crippen molar-refractivity contribution in [1.29, 1.82) is 0 Å². The summed E-state index contributed by atoms with van der Waals surface area (Å²) in [5.41, 5.74) is 1.81. The van der Waals surface area contributed by atoms with E-state index in [1.807, 2.05) is 30.5 Å². The normalized spacial score (nSPS) is 24.7. The number of hydrogen-bond acceptors (Lipinski definition) is 5. The summed E-state index contributed by atoms with van der Waals surface area (Å²) in [4.78, 5) is 17.5. The predicted molar refractivity (Wildman–Crippen MR) is 90.3 cm³/mol. The average molecular weight is 396 g/mol. The quantitative estimate of drug-likeness (QED) is 0.837. The van der Waals surface area contributed by atoms with Gasteiger partial charge in [-0.1, -0.05) is 6.07 Å². The summed E-state index contributed by atoms with van der Waals surface area (Å²) < 4.78 is 44.1. The van der Waals surface area contributed by atoms with Crippen LogP contribution >= 0.6 is 0 Å². The van der Waals surface area contributed by atoms with E-state index in [2.05, 4.69) is 14.8 Å². The molecule has 0 aromatic carbocycles. The summed E-state index contributed by atoms with van der Waals surface area (Å²) in [6.45, 7) is -0.0673. The molecular formula is C18H19F3N4O3. The Bertz CT molecular complexity index is 830. The molecule has 1 saturated carbocycles. The lowest BCUT2D eigenvalue weighted by Crippen LogP contribution is -2.42. The lowest BCUT2D eigenvalue weighted by molar-refractivity contribution is -0.214. The molecule has 0 bridgehead atoms. The highest BCUT2D eigenvalue weighted by Crippen LogP contribution is 2.57. The van der Waals surface area contributed by atoms with E-state index in [-0.39, 0.29) is 17.8 Å². The zero-order valence-corrected chi connectivity index (χ0v) is 14.8.